The molecule has 1 heterocycles. The molecule has 2 nitrogen and oxygen atoms in total. The topological polar surface area (TPSA) is 35.8 Å². The lowest BCUT2D eigenvalue weighted by Crippen LogP contribution is -2.23. The Hall–Kier alpha value is -0.330. The molecule has 1 unspecified atom stereocenters. The van der Waals surface area contributed by atoms with Crippen molar-refractivity contribution in [2.75, 3.05) is 19.8 Å². The van der Waals surface area contributed by atoms with Crippen molar-refractivity contribution < 1.29 is 4.39 Å². The number of hydrogen-bond donors (Lipinski definition) is 1. The summed E-state index contributed by atoms with van der Waals surface area (Å²) >= 11 is 0. The summed E-state index contributed by atoms with van der Waals surface area (Å²) in [4.78, 5) is 0. The van der Waals surface area contributed by atoms with Crippen LogP contribution in [0.15, 0.2) is 0 Å². The van der Waals surface area contributed by atoms with Crippen molar-refractivity contribution in [3.05, 3.63) is 0 Å². The normalized spacial score (nSPS) is 30.8. The van der Waals surface area contributed by atoms with Crippen LogP contribution in [0.25, 0.3) is 0 Å². The number of nitrogens with zero attached hydrogens (tertiary/aromatic N) is 1. The third-order valence-electron chi connectivity index (χ3n) is 1.74. The summed E-state index contributed by atoms with van der Waals surface area (Å²) in [6.07, 6.45) is 0.653. The van der Waals surface area contributed by atoms with E-state index in [4.69, 9.17) is 5.26 Å². The predicted octanol–water partition coefficient (Wildman–Crippen LogP) is 0.881. The van der Waals surface area contributed by atoms with E-state index in [2.05, 4.69) is 5.32 Å². The summed E-state index contributed by atoms with van der Waals surface area (Å²) in [5.41, 5.74) is -0.694. The fraction of sp³-hybridized carbons (Fsp3) is 0.833. The van der Waals surface area contributed by atoms with Crippen LogP contribution in [0.5, 0.6) is 0 Å². The van der Waals surface area contributed by atoms with Crippen LogP contribution in [0.4, 0.5) is 4.39 Å². The van der Waals surface area contributed by atoms with Gasteiger partial charge in [-0.05, 0) is 13.0 Å². The van der Waals surface area contributed by atoms with Crippen LogP contribution in [0.2, 0.25) is 0 Å². The summed E-state index contributed by atoms with van der Waals surface area (Å²) in [6.45, 7) is 0.772. The Morgan fingerprint density at radius 1 is 1.70 bits per heavy atom. The molecular weight excluding hydrogens is 155 g/mol. The first-order chi connectivity index (χ1) is 4.33. The van der Waals surface area contributed by atoms with Gasteiger partial charge in [-0.3, -0.25) is 0 Å². The second-order valence-corrected chi connectivity index (χ2v) is 2.45. The molecule has 0 amide bonds. The molecule has 0 saturated carbocycles. The highest BCUT2D eigenvalue weighted by atomic mass is 35.5. The van der Waals surface area contributed by atoms with Gasteiger partial charge in [0, 0.05) is 6.54 Å². The molecule has 0 radical (unpaired) electrons. The van der Waals surface area contributed by atoms with Gasteiger partial charge in [0.1, 0.15) is 6.67 Å². The van der Waals surface area contributed by atoms with Crippen LogP contribution in [0.1, 0.15) is 6.42 Å². The van der Waals surface area contributed by atoms with E-state index in [1.807, 2.05) is 6.07 Å². The van der Waals surface area contributed by atoms with E-state index in [-0.39, 0.29) is 12.4 Å². The lowest BCUT2D eigenvalue weighted by Gasteiger charge is -2.12. The highest BCUT2D eigenvalue weighted by Crippen LogP contribution is 2.24. The minimum atomic E-state index is -0.694. The van der Waals surface area contributed by atoms with Crippen LogP contribution in [0.3, 0.4) is 0 Å². The molecule has 0 spiro atoms. The van der Waals surface area contributed by atoms with E-state index < -0.39 is 12.1 Å². The summed E-state index contributed by atoms with van der Waals surface area (Å²) in [7, 11) is 0. The molecule has 1 atom stereocenters. The monoisotopic (exact) mass is 164 g/mol. The van der Waals surface area contributed by atoms with Crippen molar-refractivity contribution in [2.45, 2.75) is 6.42 Å². The number of nitriles is 1. The molecule has 0 aromatic rings. The number of nitrogens with one attached hydrogen (secondary N) is 1. The predicted molar refractivity (Wildman–Crippen MR) is 38.8 cm³/mol. The second kappa shape index (κ2) is 3.75. The van der Waals surface area contributed by atoms with Crippen molar-refractivity contribution in [2.24, 2.45) is 5.41 Å². The molecule has 0 aliphatic carbocycles. The van der Waals surface area contributed by atoms with Crippen LogP contribution in [-0.4, -0.2) is 19.8 Å². The maximum absolute atomic E-state index is 12.1. The Labute approximate surface area is 65.8 Å². The largest absolute Gasteiger partial charge is 0.315 e. The molecule has 1 fully saturated rings. The first-order valence-corrected chi connectivity index (χ1v) is 3.01. The lowest BCUT2D eigenvalue weighted by atomic mass is 9.91. The second-order valence-electron chi connectivity index (χ2n) is 2.45. The van der Waals surface area contributed by atoms with Gasteiger partial charge in [-0.1, -0.05) is 0 Å². The number of hydrogen-bond acceptors (Lipinski definition) is 2. The SMILES string of the molecule is Cl.N#CC1(CF)CCNC1. The Morgan fingerprint density at radius 2 is 2.40 bits per heavy atom. The van der Waals surface area contributed by atoms with E-state index in [1.54, 1.807) is 0 Å². The zero-order valence-electron chi connectivity index (χ0n) is 5.56. The summed E-state index contributed by atoms with van der Waals surface area (Å²) in [5, 5.41) is 11.4. The van der Waals surface area contributed by atoms with Crippen molar-refractivity contribution in [1.29, 1.82) is 5.26 Å². The van der Waals surface area contributed by atoms with E-state index in [0.717, 1.165) is 6.54 Å². The smallest absolute Gasteiger partial charge is 0.109 e. The average molecular weight is 165 g/mol. The number of alkyl halides is 1. The molecule has 0 bridgehead atoms. The van der Waals surface area contributed by atoms with Crippen molar-refractivity contribution in [3.8, 4) is 6.07 Å². The Balaban J connectivity index is 0.000000810. The molecule has 1 aliphatic rings. The van der Waals surface area contributed by atoms with Crippen LogP contribution in [0, 0.1) is 16.7 Å². The lowest BCUT2D eigenvalue weighted by molar-refractivity contribution is 0.305. The Kier molecular flexibility index (Phi) is 3.62. The van der Waals surface area contributed by atoms with Gasteiger partial charge in [0.15, 0.2) is 0 Å². The molecule has 1 N–H and O–H groups in total. The van der Waals surface area contributed by atoms with Gasteiger partial charge in [0.05, 0.1) is 11.5 Å². The van der Waals surface area contributed by atoms with Gasteiger partial charge >= 0.3 is 0 Å². The van der Waals surface area contributed by atoms with E-state index in [0.29, 0.717) is 13.0 Å². The van der Waals surface area contributed by atoms with Gasteiger partial charge in [0.25, 0.3) is 0 Å². The highest BCUT2D eigenvalue weighted by Gasteiger charge is 2.33. The maximum Gasteiger partial charge on any atom is 0.109 e. The third-order valence-corrected chi connectivity index (χ3v) is 1.74. The van der Waals surface area contributed by atoms with Crippen LogP contribution < -0.4 is 5.32 Å². The fourth-order valence-corrected chi connectivity index (χ4v) is 0.983. The van der Waals surface area contributed by atoms with Gasteiger partial charge in [-0.15, -0.1) is 12.4 Å². The molecule has 1 aliphatic heterocycles. The van der Waals surface area contributed by atoms with Crippen LogP contribution >= 0.6 is 12.4 Å². The molecule has 1 saturated heterocycles. The third kappa shape index (κ3) is 1.59. The van der Waals surface area contributed by atoms with Gasteiger partial charge in [-0.25, -0.2) is 4.39 Å². The molecule has 4 heteroatoms. The zero-order chi connectivity index (χ0) is 6.74. The Morgan fingerprint density at radius 3 is 2.60 bits per heavy atom. The minimum absolute atomic E-state index is 0. The summed E-state index contributed by atoms with van der Waals surface area (Å²) < 4.78 is 12.1. The molecular formula is C6H10ClFN2. The zero-order valence-corrected chi connectivity index (χ0v) is 6.38. The van der Waals surface area contributed by atoms with Crippen LogP contribution in [-0.2, 0) is 0 Å². The highest BCUT2D eigenvalue weighted by molar-refractivity contribution is 5.85. The standard InChI is InChI=1S/C6H9FN2.ClH/c7-3-6(4-8)1-2-9-5-6;/h9H,1-3,5H2;1H. The average Bonchev–Trinajstić information content (AvgIpc) is 2.36. The Bertz CT molecular complexity index is 137. The minimum Gasteiger partial charge on any atom is -0.315 e. The summed E-state index contributed by atoms with van der Waals surface area (Å²) in [6, 6.07) is 1.99. The van der Waals surface area contributed by atoms with Gasteiger partial charge < -0.3 is 5.32 Å². The molecule has 0 aromatic carbocycles. The molecule has 10 heavy (non-hydrogen) atoms. The summed E-state index contributed by atoms with van der Waals surface area (Å²) in [5.74, 6) is 0. The maximum atomic E-state index is 12.1. The van der Waals surface area contributed by atoms with Crippen molar-refractivity contribution in [3.63, 3.8) is 0 Å². The van der Waals surface area contributed by atoms with E-state index >= 15 is 0 Å². The first-order valence-electron chi connectivity index (χ1n) is 3.01. The van der Waals surface area contributed by atoms with Gasteiger partial charge in [-0.2, -0.15) is 5.26 Å². The van der Waals surface area contributed by atoms with E-state index in [1.165, 1.54) is 0 Å². The van der Waals surface area contributed by atoms with Crippen molar-refractivity contribution >= 4 is 12.4 Å². The van der Waals surface area contributed by atoms with Crippen molar-refractivity contribution in [1.82, 2.24) is 5.32 Å². The fourth-order valence-electron chi connectivity index (χ4n) is 0.983. The number of halogens is 2. The molecule has 1 rings (SSSR count). The first kappa shape index (κ1) is 9.67. The quantitative estimate of drug-likeness (QED) is 0.625. The van der Waals surface area contributed by atoms with E-state index in [9.17, 15) is 4.39 Å². The number of rotatable bonds is 1. The molecule has 58 valence electrons. The van der Waals surface area contributed by atoms with Gasteiger partial charge in [0.2, 0.25) is 0 Å². The molecule has 0 aromatic heterocycles.